The lowest BCUT2D eigenvalue weighted by molar-refractivity contribution is -0.111. The molecule has 1 aromatic heterocycles. The van der Waals surface area contributed by atoms with Crippen LogP contribution in [0.15, 0.2) is 48.2 Å². The molecule has 1 saturated heterocycles. The largest absolute Gasteiger partial charge is 0.355 e. The molecular weight excluding hydrogens is 423 g/mol. The van der Waals surface area contributed by atoms with Gasteiger partial charge < -0.3 is 15.1 Å². The molecule has 1 aromatic carbocycles. The Hall–Kier alpha value is -2.57. The summed E-state index contributed by atoms with van der Waals surface area (Å²) in [5.74, 6) is 0.548. The monoisotopic (exact) mass is 446 g/mol. The van der Waals surface area contributed by atoms with E-state index in [1.165, 1.54) is 0 Å². The van der Waals surface area contributed by atoms with Crippen molar-refractivity contribution in [3.05, 3.63) is 63.8 Å². The molecule has 1 N–H and O–H groups in total. The minimum atomic E-state index is -0.172. The molecule has 2 aromatic rings. The van der Waals surface area contributed by atoms with Gasteiger partial charge in [-0.05, 0) is 50.6 Å². The van der Waals surface area contributed by atoms with E-state index in [9.17, 15) is 9.59 Å². The fourth-order valence-corrected chi connectivity index (χ4v) is 3.76. The molecule has 0 saturated carbocycles. The predicted molar refractivity (Wildman–Crippen MR) is 121 cm³/mol. The van der Waals surface area contributed by atoms with Gasteiger partial charge in [-0.2, -0.15) is 0 Å². The second kappa shape index (κ2) is 9.96. The summed E-state index contributed by atoms with van der Waals surface area (Å²) in [6.45, 7) is 6.40. The van der Waals surface area contributed by atoms with Gasteiger partial charge in [0.25, 0.3) is 5.91 Å². The maximum atomic E-state index is 12.9. The van der Waals surface area contributed by atoms with E-state index in [1.807, 2.05) is 30.9 Å². The first-order valence-corrected chi connectivity index (χ1v) is 10.5. The maximum absolute atomic E-state index is 12.9. The van der Waals surface area contributed by atoms with E-state index >= 15 is 0 Å². The molecule has 0 unspecified atom stereocenters. The van der Waals surface area contributed by atoms with Gasteiger partial charge in [-0.25, -0.2) is 4.98 Å². The quantitative estimate of drug-likeness (QED) is 0.694. The number of hydrogen-bond acceptors (Lipinski definition) is 4. The Bertz CT molecular complexity index is 956. The van der Waals surface area contributed by atoms with Crippen LogP contribution < -0.4 is 10.2 Å². The van der Waals surface area contributed by atoms with E-state index in [-0.39, 0.29) is 11.8 Å². The summed E-state index contributed by atoms with van der Waals surface area (Å²) in [6.07, 6.45) is 4.01. The summed E-state index contributed by atoms with van der Waals surface area (Å²) in [5.41, 5.74) is 2.04. The molecule has 1 aliphatic rings. The predicted octanol–water partition coefficient (Wildman–Crippen LogP) is 4.65. The number of nitrogens with one attached hydrogen (secondary N) is 1. The Morgan fingerprint density at radius 3 is 2.53 bits per heavy atom. The van der Waals surface area contributed by atoms with E-state index in [0.29, 0.717) is 40.9 Å². The molecule has 3 rings (SSSR count). The maximum Gasteiger partial charge on any atom is 0.255 e. The van der Waals surface area contributed by atoms with Crippen LogP contribution in [0, 0.1) is 0 Å². The minimum Gasteiger partial charge on any atom is -0.355 e. The molecule has 2 heterocycles. The average Bonchev–Trinajstić information content (AvgIpc) is 2.94. The topological polar surface area (TPSA) is 65.5 Å². The van der Waals surface area contributed by atoms with Gasteiger partial charge in [0, 0.05) is 37.3 Å². The summed E-state index contributed by atoms with van der Waals surface area (Å²) in [4.78, 5) is 33.1. The van der Waals surface area contributed by atoms with Crippen LogP contribution in [0.25, 0.3) is 0 Å². The first kappa shape index (κ1) is 22.1. The third-order valence-corrected chi connectivity index (χ3v) is 5.25. The second-order valence-corrected chi connectivity index (χ2v) is 8.22. The molecule has 0 aliphatic carbocycles. The van der Waals surface area contributed by atoms with Crippen LogP contribution in [0.1, 0.15) is 30.6 Å². The van der Waals surface area contributed by atoms with Gasteiger partial charge in [-0.3, -0.25) is 9.59 Å². The number of pyridine rings is 1. The Labute approximate surface area is 186 Å². The van der Waals surface area contributed by atoms with Crippen molar-refractivity contribution in [1.29, 1.82) is 0 Å². The van der Waals surface area contributed by atoms with Gasteiger partial charge >= 0.3 is 0 Å². The number of amides is 2. The highest BCUT2D eigenvalue weighted by atomic mass is 35.5. The van der Waals surface area contributed by atoms with Crippen molar-refractivity contribution in [2.75, 3.05) is 36.4 Å². The molecule has 158 valence electrons. The minimum absolute atomic E-state index is 0.0937. The number of anilines is 2. The van der Waals surface area contributed by atoms with Crippen molar-refractivity contribution in [2.24, 2.45) is 0 Å². The molecule has 1 aliphatic heterocycles. The van der Waals surface area contributed by atoms with Gasteiger partial charge in [0.15, 0.2) is 0 Å². The number of carbonyl (C=O) groups is 2. The Morgan fingerprint density at radius 1 is 1.07 bits per heavy atom. The van der Waals surface area contributed by atoms with E-state index in [2.05, 4.69) is 15.2 Å². The van der Waals surface area contributed by atoms with E-state index in [1.54, 1.807) is 30.5 Å². The number of halogens is 2. The molecule has 8 heteroatoms. The van der Waals surface area contributed by atoms with Gasteiger partial charge in [-0.1, -0.05) is 28.8 Å². The lowest BCUT2D eigenvalue weighted by Gasteiger charge is -2.23. The van der Waals surface area contributed by atoms with Crippen LogP contribution in [0.5, 0.6) is 0 Å². The lowest BCUT2D eigenvalue weighted by atomic mass is 10.2. The van der Waals surface area contributed by atoms with Gasteiger partial charge in [0.2, 0.25) is 5.91 Å². The van der Waals surface area contributed by atoms with Crippen LogP contribution in [-0.2, 0) is 4.79 Å². The third kappa shape index (κ3) is 5.74. The van der Waals surface area contributed by atoms with Gasteiger partial charge in [0.1, 0.15) is 5.82 Å². The van der Waals surface area contributed by atoms with Crippen molar-refractivity contribution in [3.63, 3.8) is 0 Å². The Kier molecular flexibility index (Phi) is 7.34. The fraction of sp³-hybridized carbons (Fsp3) is 0.318. The smallest absolute Gasteiger partial charge is 0.255 e. The van der Waals surface area contributed by atoms with E-state index < -0.39 is 0 Å². The van der Waals surface area contributed by atoms with Crippen LogP contribution >= 0.6 is 23.2 Å². The normalized spacial score (nSPS) is 14.1. The highest BCUT2D eigenvalue weighted by molar-refractivity contribution is 6.36. The summed E-state index contributed by atoms with van der Waals surface area (Å²) in [7, 11) is 0. The number of benzene rings is 1. The highest BCUT2D eigenvalue weighted by Gasteiger charge is 2.22. The molecule has 30 heavy (non-hydrogen) atoms. The van der Waals surface area contributed by atoms with Crippen molar-refractivity contribution >= 4 is 46.5 Å². The Morgan fingerprint density at radius 2 is 1.87 bits per heavy atom. The molecule has 0 spiro atoms. The fourth-order valence-electron chi connectivity index (χ4n) is 3.27. The van der Waals surface area contributed by atoms with Crippen LogP contribution in [0.3, 0.4) is 0 Å². The number of aromatic nitrogens is 1. The van der Waals surface area contributed by atoms with E-state index in [0.717, 1.165) is 24.4 Å². The highest BCUT2D eigenvalue weighted by Crippen LogP contribution is 2.23. The lowest BCUT2D eigenvalue weighted by Crippen LogP contribution is -2.35. The SMILES string of the molecule is CC(C)=CC(=O)Nc1ccc(N2CCCN(C(=O)c3ccc(Cl)cc3Cl)CC2)nc1. The zero-order valence-electron chi connectivity index (χ0n) is 17.0. The molecule has 0 radical (unpaired) electrons. The van der Waals surface area contributed by atoms with E-state index in [4.69, 9.17) is 23.2 Å². The summed E-state index contributed by atoms with van der Waals surface area (Å²) >= 11 is 12.1. The van der Waals surface area contributed by atoms with Crippen LogP contribution in [-0.4, -0.2) is 47.9 Å². The first-order chi connectivity index (χ1) is 14.3. The molecular formula is C22H24Cl2N4O2. The number of rotatable bonds is 4. The molecule has 1 fully saturated rings. The third-order valence-electron chi connectivity index (χ3n) is 4.70. The van der Waals surface area contributed by atoms with Crippen molar-refractivity contribution < 1.29 is 9.59 Å². The number of carbonyl (C=O) groups excluding carboxylic acids is 2. The number of allylic oxidation sites excluding steroid dienone is 1. The summed E-state index contributed by atoms with van der Waals surface area (Å²) < 4.78 is 0. The molecule has 0 atom stereocenters. The average molecular weight is 447 g/mol. The zero-order valence-corrected chi connectivity index (χ0v) is 18.5. The van der Waals surface area contributed by atoms with Crippen LogP contribution in [0.2, 0.25) is 10.0 Å². The summed E-state index contributed by atoms with van der Waals surface area (Å²) in [5, 5.41) is 3.66. The summed E-state index contributed by atoms with van der Waals surface area (Å²) in [6, 6.07) is 8.64. The van der Waals surface area contributed by atoms with Crippen molar-refractivity contribution in [2.45, 2.75) is 20.3 Å². The second-order valence-electron chi connectivity index (χ2n) is 7.37. The first-order valence-electron chi connectivity index (χ1n) is 9.74. The number of nitrogens with zero attached hydrogens (tertiary/aromatic N) is 3. The zero-order chi connectivity index (χ0) is 21.7. The van der Waals surface area contributed by atoms with Gasteiger partial charge in [0.05, 0.1) is 22.5 Å². The molecule has 0 bridgehead atoms. The van der Waals surface area contributed by atoms with Crippen molar-refractivity contribution in [3.8, 4) is 0 Å². The van der Waals surface area contributed by atoms with Crippen molar-refractivity contribution in [1.82, 2.24) is 9.88 Å². The van der Waals surface area contributed by atoms with Crippen LogP contribution in [0.4, 0.5) is 11.5 Å². The molecule has 6 nitrogen and oxygen atoms in total. The molecule has 2 amide bonds. The number of hydrogen-bond donors (Lipinski definition) is 1. The standard InChI is InChI=1S/C22H24Cl2N4O2/c1-15(2)12-21(29)26-17-5-7-20(25-14-17)27-8-3-9-28(11-10-27)22(30)18-6-4-16(23)13-19(18)24/h4-7,12-14H,3,8-11H2,1-2H3,(H,26,29). The Balaban J connectivity index is 1.63. The van der Waals surface area contributed by atoms with Gasteiger partial charge in [-0.15, -0.1) is 0 Å².